The summed E-state index contributed by atoms with van der Waals surface area (Å²) in [6.07, 6.45) is 0.319. The van der Waals surface area contributed by atoms with E-state index in [1.54, 1.807) is 18.2 Å². The monoisotopic (exact) mass is 283 g/mol. The van der Waals surface area contributed by atoms with Crippen LogP contribution in [0.4, 0.5) is 0 Å². The first-order chi connectivity index (χ1) is 9.64. The minimum absolute atomic E-state index is 0.574. The van der Waals surface area contributed by atoms with Crippen LogP contribution in [0.5, 0.6) is 0 Å². The first-order valence-electron chi connectivity index (χ1n) is 6.56. The van der Waals surface area contributed by atoms with Gasteiger partial charge in [0.25, 0.3) is 0 Å². The summed E-state index contributed by atoms with van der Waals surface area (Å²) in [7, 11) is 0. The van der Waals surface area contributed by atoms with E-state index in [4.69, 9.17) is 11.6 Å². The number of fused-ring (bicyclic) bond motifs is 1. The van der Waals surface area contributed by atoms with Gasteiger partial charge < -0.3 is 5.11 Å². The third-order valence-electron chi connectivity index (χ3n) is 4.04. The lowest BCUT2D eigenvalue weighted by Crippen LogP contribution is -2.28. The van der Waals surface area contributed by atoms with Crippen molar-refractivity contribution in [1.82, 2.24) is 0 Å². The quantitative estimate of drug-likeness (QED) is 0.914. The second kappa shape index (κ2) is 4.94. The van der Waals surface area contributed by atoms with Gasteiger partial charge in [-0.05, 0) is 41.7 Å². The van der Waals surface area contributed by atoms with Crippen LogP contribution in [0, 0.1) is 16.7 Å². The van der Waals surface area contributed by atoms with Crippen molar-refractivity contribution in [2.45, 2.75) is 18.9 Å². The minimum atomic E-state index is -0.835. The molecule has 1 unspecified atom stereocenters. The van der Waals surface area contributed by atoms with Gasteiger partial charge in [-0.1, -0.05) is 48.0 Å². The number of nitrogens with zero attached hydrogens (tertiary/aromatic N) is 1. The second-order valence-corrected chi connectivity index (χ2v) is 5.78. The Balaban J connectivity index is 1.98. The topological polar surface area (TPSA) is 44.0 Å². The Kier molecular flexibility index (Phi) is 3.25. The fourth-order valence-electron chi connectivity index (χ4n) is 2.97. The van der Waals surface area contributed by atoms with Gasteiger partial charge in [0.1, 0.15) is 0 Å². The molecule has 100 valence electrons. The van der Waals surface area contributed by atoms with E-state index in [9.17, 15) is 10.4 Å². The predicted octanol–water partition coefficient (Wildman–Crippen LogP) is 3.68. The zero-order valence-corrected chi connectivity index (χ0v) is 11.6. The summed E-state index contributed by atoms with van der Waals surface area (Å²) in [5.41, 5.74) is 2.20. The smallest absolute Gasteiger partial charge is 0.0983 e. The molecule has 0 heterocycles. The van der Waals surface area contributed by atoms with E-state index in [2.05, 4.69) is 6.07 Å². The van der Waals surface area contributed by atoms with E-state index < -0.39 is 11.5 Å². The van der Waals surface area contributed by atoms with E-state index in [0.29, 0.717) is 23.4 Å². The van der Waals surface area contributed by atoms with E-state index in [0.717, 1.165) is 11.1 Å². The van der Waals surface area contributed by atoms with Gasteiger partial charge in [0.05, 0.1) is 17.6 Å². The highest BCUT2D eigenvalue weighted by atomic mass is 35.5. The molecule has 2 aromatic carbocycles. The third kappa shape index (κ3) is 2.10. The number of hydrogen-bond acceptors (Lipinski definition) is 2. The van der Waals surface area contributed by atoms with Gasteiger partial charge in [0.2, 0.25) is 0 Å². The predicted molar refractivity (Wildman–Crippen MR) is 78.3 cm³/mol. The van der Waals surface area contributed by atoms with Gasteiger partial charge in [0, 0.05) is 5.02 Å². The molecular weight excluding hydrogens is 270 g/mol. The molecule has 1 aliphatic carbocycles. The van der Waals surface area contributed by atoms with E-state index in [-0.39, 0.29) is 0 Å². The molecular formula is C17H14ClNO. The van der Waals surface area contributed by atoms with Crippen LogP contribution in [-0.2, 0) is 12.8 Å². The molecule has 0 aromatic heterocycles. The van der Waals surface area contributed by atoms with Crippen molar-refractivity contribution in [2.24, 2.45) is 5.41 Å². The lowest BCUT2D eigenvalue weighted by Gasteiger charge is -2.27. The van der Waals surface area contributed by atoms with Gasteiger partial charge in [-0.25, -0.2) is 0 Å². The maximum atomic E-state index is 10.7. The summed E-state index contributed by atoms with van der Waals surface area (Å²) >= 11 is 5.98. The van der Waals surface area contributed by atoms with Gasteiger partial charge in [-0.3, -0.25) is 0 Å². The standard InChI is InChI=1S/C17H14ClNO/c18-15-7-3-6-12(8-15)16(20)17(11-19)9-13-4-1-2-5-14(13)10-17/h1-8,16,20H,9-10H2. The van der Waals surface area contributed by atoms with Crippen LogP contribution >= 0.6 is 11.6 Å². The largest absolute Gasteiger partial charge is 0.387 e. The number of nitriles is 1. The highest BCUT2D eigenvalue weighted by Gasteiger charge is 2.44. The molecule has 0 fully saturated rings. The van der Waals surface area contributed by atoms with Gasteiger partial charge in [-0.2, -0.15) is 5.26 Å². The molecule has 0 amide bonds. The summed E-state index contributed by atoms with van der Waals surface area (Å²) in [6, 6.07) is 17.5. The van der Waals surface area contributed by atoms with E-state index in [1.165, 1.54) is 0 Å². The van der Waals surface area contributed by atoms with Crippen LogP contribution in [0.15, 0.2) is 48.5 Å². The second-order valence-electron chi connectivity index (χ2n) is 5.35. The molecule has 3 heteroatoms. The highest BCUT2D eigenvalue weighted by Crippen LogP contribution is 2.45. The SMILES string of the molecule is N#CC1(C(O)c2cccc(Cl)c2)Cc2ccccc2C1. The number of aliphatic hydroxyl groups excluding tert-OH is 1. The van der Waals surface area contributed by atoms with Crippen molar-refractivity contribution < 1.29 is 5.11 Å². The van der Waals surface area contributed by atoms with Crippen LogP contribution in [-0.4, -0.2) is 5.11 Å². The summed E-state index contributed by atoms with van der Waals surface area (Å²) in [6.45, 7) is 0. The maximum absolute atomic E-state index is 10.7. The molecule has 20 heavy (non-hydrogen) atoms. The van der Waals surface area contributed by atoms with Crippen LogP contribution in [0.25, 0.3) is 0 Å². The minimum Gasteiger partial charge on any atom is -0.387 e. The summed E-state index contributed by atoms with van der Waals surface area (Å²) in [5, 5.41) is 20.9. The van der Waals surface area contributed by atoms with Crippen molar-refractivity contribution in [3.05, 3.63) is 70.2 Å². The van der Waals surface area contributed by atoms with Crippen molar-refractivity contribution >= 4 is 11.6 Å². The Morgan fingerprint density at radius 2 is 1.75 bits per heavy atom. The number of hydrogen-bond donors (Lipinski definition) is 1. The number of rotatable bonds is 2. The van der Waals surface area contributed by atoms with E-state index >= 15 is 0 Å². The number of halogens is 1. The van der Waals surface area contributed by atoms with E-state index in [1.807, 2.05) is 30.3 Å². The Morgan fingerprint density at radius 3 is 2.30 bits per heavy atom. The molecule has 0 bridgehead atoms. The molecule has 2 nitrogen and oxygen atoms in total. The van der Waals surface area contributed by atoms with Crippen molar-refractivity contribution in [3.8, 4) is 6.07 Å². The Morgan fingerprint density at radius 1 is 1.10 bits per heavy atom. The van der Waals surface area contributed by atoms with Crippen LogP contribution in [0.2, 0.25) is 5.02 Å². The Hall–Kier alpha value is -1.82. The Bertz CT molecular complexity index is 664. The van der Waals surface area contributed by atoms with Crippen LogP contribution in [0.3, 0.4) is 0 Å². The first kappa shape index (κ1) is 13.2. The molecule has 0 aliphatic heterocycles. The molecule has 0 saturated heterocycles. The van der Waals surface area contributed by atoms with Crippen molar-refractivity contribution in [2.75, 3.05) is 0 Å². The highest BCUT2D eigenvalue weighted by molar-refractivity contribution is 6.30. The van der Waals surface area contributed by atoms with Gasteiger partial charge in [0.15, 0.2) is 0 Å². The third-order valence-corrected chi connectivity index (χ3v) is 4.28. The molecule has 3 rings (SSSR count). The first-order valence-corrected chi connectivity index (χ1v) is 6.94. The lowest BCUT2D eigenvalue weighted by molar-refractivity contribution is 0.0693. The zero-order valence-electron chi connectivity index (χ0n) is 10.9. The zero-order chi connectivity index (χ0) is 14.2. The fourth-order valence-corrected chi connectivity index (χ4v) is 3.17. The summed E-state index contributed by atoms with van der Waals surface area (Å²) in [4.78, 5) is 0. The Labute approximate surface area is 123 Å². The molecule has 0 spiro atoms. The molecule has 1 N–H and O–H groups in total. The average Bonchev–Trinajstić information content (AvgIpc) is 2.86. The number of benzene rings is 2. The fraction of sp³-hybridized carbons (Fsp3) is 0.235. The normalized spacial score (nSPS) is 17.2. The molecule has 1 aliphatic rings. The molecule has 1 atom stereocenters. The lowest BCUT2D eigenvalue weighted by atomic mass is 9.77. The van der Waals surface area contributed by atoms with Crippen molar-refractivity contribution in [1.29, 1.82) is 5.26 Å². The van der Waals surface area contributed by atoms with Gasteiger partial charge in [-0.15, -0.1) is 0 Å². The average molecular weight is 284 g/mol. The maximum Gasteiger partial charge on any atom is 0.0983 e. The molecule has 0 saturated carbocycles. The summed E-state index contributed by atoms with van der Waals surface area (Å²) in [5.74, 6) is 0. The molecule has 0 radical (unpaired) electrons. The van der Waals surface area contributed by atoms with Crippen molar-refractivity contribution in [3.63, 3.8) is 0 Å². The van der Waals surface area contributed by atoms with Crippen LogP contribution in [0.1, 0.15) is 22.8 Å². The number of aliphatic hydroxyl groups is 1. The molecule has 2 aromatic rings. The van der Waals surface area contributed by atoms with Crippen LogP contribution < -0.4 is 0 Å². The van der Waals surface area contributed by atoms with Gasteiger partial charge >= 0.3 is 0 Å². The summed E-state index contributed by atoms with van der Waals surface area (Å²) < 4.78 is 0.